The molecule has 1 heterocycles. The Morgan fingerprint density at radius 3 is 2.62 bits per heavy atom. The third kappa shape index (κ3) is 6.07. The van der Waals surface area contributed by atoms with E-state index in [1.165, 1.54) is 11.3 Å². The van der Waals surface area contributed by atoms with Crippen molar-refractivity contribution in [2.24, 2.45) is 0 Å². The number of carbonyl (C=O) groups excluding carboxylic acids is 1. The molecule has 2 aromatic rings. The summed E-state index contributed by atoms with van der Waals surface area (Å²) in [6.45, 7) is 0.385. The standard InChI is InChI=1S/C15H15Cl2NO4S2/c1-24(20,21)18-7-6-11-3-5-14(23-11)15(19)22-9-10-2-4-12(16)13(17)8-10/h2-5,8,18H,6-7,9H2,1H3. The van der Waals surface area contributed by atoms with Crippen molar-refractivity contribution in [3.05, 3.63) is 55.7 Å². The van der Waals surface area contributed by atoms with Crippen LogP contribution in [0.15, 0.2) is 30.3 Å². The molecule has 1 aromatic carbocycles. The normalized spacial score (nSPS) is 11.5. The van der Waals surface area contributed by atoms with E-state index in [-0.39, 0.29) is 13.2 Å². The maximum absolute atomic E-state index is 12.0. The number of rotatable bonds is 7. The van der Waals surface area contributed by atoms with Gasteiger partial charge in [-0.2, -0.15) is 0 Å². The van der Waals surface area contributed by atoms with Gasteiger partial charge in [-0.3, -0.25) is 0 Å². The smallest absolute Gasteiger partial charge is 0.348 e. The molecule has 1 N–H and O–H groups in total. The zero-order valence-electron chi connectivity index (χ0n) is 12.7. The van der Waals surface area contributed by atoms with Crippen LogP contribution in [0.3, 0.4) is 0 Å². The van der Waals surface area contributed by atoms with Crippen LogP contribution in [0.25, 0.3) is 0 Å². The minimum atomic E-state index is -3.21. The topological polar surface area (TPSA) is 72.5 Å². The largest absolute Gasteiger partial charge is 0.457 e. The van der Waals surface area contributed by atoms with Crippen LogP contribution >= 0.6 is 34.5 Å². The highest BCUT2D eigenvalue weighted by Gasteiger charge is 2.12. The first kappa shape index (κ1) is 19.2. The molecule has 130 valence electrons. The van der Waals surface area contributed by atoms with Gasteiger partial charge in [0.15, 0.2) is 0 Å². The monoisotopic (exact) mass is 407 g/mol. The van der Waals surface area contributed by atoms with Gasteiger partial charge in [-0.25, -0.2) is 17.9 Å². The molecule has 5 nitrogen and oxygen atoms in total. The third-order valence-corrected chi connectivity index (χ3v) is 5.55. The maximum Gasteiger partial charge on any atom is 0.348 e. The van der Waals surface area contributed by atoms with E-state index in [1.807, 2.05) is 0 Å². The van der Waals surface area contributed by atoms with Gasteiger partial charge in [0.25, 0.3) is 0 Å². The van der Waals surface area contributed by atoms with Crippen molar-refractivity contribution >= 4 is 50.5 Å². The van der Waals surface area contributed by atoms with Crippen LogP contribution in [0.4, 0.5) is 0 Å². The highest BCUT2D eigenvalue weighted by atomic mass is 35.5. The third-order valence-electron chi connectivity index (χ3n) is 2.95. The second kappa shape index (κ2) is 8.31. The molecule has 0 radical (unpaired) electrons. The number of halogens is 2. The molecule has 0 atom stereocenters. The van der Waals surface area contributed by atoms with Crippen LogP contribution < -0.4 is 4.72 Å². The molecule has 1 aromatic heterocycles. The van der Waals surface area contributed by atoms with Crippen LogP contribution in [-0.4, -0.2) is 27.2 Å². The number of nitrogens with one attached hydrogen (secondary N) is 1. The predicted octanol–water partition coefficient (Wildman–Crippen LogP) is 3.50. The van der Waals surface area contributed by atoms with Crippen molar-refractivity contribution in [3.63, 3.8) is 0 Å². The number of carbonyl (C=O) groups is 1. The van der Waals surface area contributed by atoms with Gasteiger partial charge >= 0.3 is 5.97 Å². The van der Waals surface area contributed by atoms with Gasteiger partial charge < -0.3 is 4.74 Å². The Balaban J connectivity index is 1.87. The zero-order chi connectivity index (χ0) is 17.7. The number of esters is 1. The Labute approximate surface area is 154 Å². The Morgan fingerprint density at radius 2 is 1.96 bits per heavy atom. The number of hydrogen-bond acceptors (Lipinski definition) is 5. The summed E-state index contributed by atoms with van der Waals surface area (Å²) in [5.74, 6) is -0.437. The lowest BCUT2D eigenvalue weighted by atomic mass is 10.2. The van der Waals surface area contributed by atoms with E-state index in [2.05, 4.69) is 4.72 Å². The van der Waals surface area contributed by atoms with Gasteiger partial charge in [0.05, 0.1) is 16.3 Å². The lowest BCUT2D eigenvalue weighted by molar-refractivity contribution is 0.0478. The molecule has 0 spiro atoms. The second-order valence-corrected chi connectivity index (χ2v) is 8.82. The molecule has 0 saturated carbocycles. The molecular formula is C15H15Cl2NO4S2. The first-order valence-corrected chi connectivity index (χ1v) is 10.4. The van der Waals surface area contributed by atoms with Crippen LogP contribution in [0.2, 0.25) is 10.0 Å². The highest BCUT2D eigenvalue weighted by Crippen LogP contribution is 2.23. The summed E-state index contributed by atoms with van der Waals surface area (Å²) in [4.78, 5) is 13.4. The molecule has 0 unspecified atom stereocenters. The molecule has 0 bridgehead atoms. The van der Waals surface area contributed by atoms with E-state index >= 15 is 0 Å². The average Bonchev–Trinajstić information content (AvgIpc) is 2.96. The van der Waals surface area contributed by atoms with Crippen LogP contribution in [0, 0.1) is 0 Å². The summed E-state index contributed by atoms with van der Waals surface area (Å²) < 4.78 is 29.6. The predicted molar refractivity (Wildman–Crippen MR) is 96.5 cm³/mol. The van der Waals surface area contributed by atoms with Crippen molar-refractivity contribution in [1.82, 2.24) is 4.72 Å². The number of thiophene rings is 1. The Morgan fingerprint density at radius 1 is 1.21 bits per heavy atom. The lowest BCUT2D eigenvalue weighted by Gasteiger charge is -2.05. The summed E-state index contributed by atoms with van der Waals surface area (Å²) in [5, 5.41) is 0.847. The van der Waals surface area contributed by atoms with Crippen LogP contribution in [0.1, 0.15) is 20.1 Å². The average molecular weight is 408 g/mol. The molecule has 24 heavy (non-hydrogen) atoms. The second-order valence-electron chi connectivity index (χ2n) is 5.01. The Hall–Kier alpha value is -1.12. The first-order chi connectivity index (χ1) is 11.2. The molecule has 0 amide bonds. The van der Waals surface area contributed by atoms with E-state index in [0.717, 1.165) is 16.7 Å². The molecule has 0 fully saturated rings. The zero-order valence-corrected chi connectivity index (χ0v) is 15.9. The minimum absolute atomic E-state index is 0.0958. The van der Waals surface area contributed by atoms with E-state index in [0.29, 0.717) is 21.3 Å². The Kier molecular flexibility index (Phi) is 6.65. The van der Waals surface area contributed by atoms with Crippen molar-refractivity contribution in [3.8, 4) is 0 Å². The fourth-order valence-electron chi connectivity index (χ4n) is 1.83. The molecule has 2 rings (SSSR count). The quantitative estimate of drug-likeness (QED) is 0.712. The fourth-order valence-corrected chi connectivity index (χ4v) is 3.53. The molecule has 0 aliphatic carbocycles. The molecule has 9 heteroatoms. The van der Waals surface area contributed by atoms with E-state index < -0.39 is 16.0 Å². The summed E-state index contributed by atoms with van der Waals surface area (Å²) in [6.07, 6.45) is 1.62. The van der Waals surface area contributed by atoms with Gasteiger partial charge in [-0.05, 0) is 36.2 Å². The minimum Gasteiger partial charge on any atom is -0.457 e. The summed E-state index contributed by atoms with van der Waals surface area (Å²) in [6, 6.07) is 8.47. The van der Waals surface area contributed by atoms with E-state index in [4.69, 9.17) is 27.9 Å². The number of benzene rings is 1. The molecular weight excluding hydrogens is 393 g/mol. The SMILES string of the molecule is CS(=O)(=O)NCCc1ccc(C(=O)OCc2ccc(Cl)c(Cl)c2)s1. The van der Waals surface area contributed by atoms with Gasteiger partial charge in [-0.1, -0.05) is 29.3 Å². The number of sulfonamides is 1. The maximum atomic E-state index is 12.0. The van der Waals surface area contributed by atoms with Gasteiger partial charge in [0, 0.05) is 11.4 Å². The van der Waals surface area contributed by atoms with Crippen molar-refractivity contribution in [2.75, 3.05) is 12.8 Å². The van der Waals surface area contributed by atoms with Gasteiger partial charge in [0.1, 0.15) is 11.5 Å². The molecule has 0 aliphatic heterocycles. The van der Waals surface area contributed by atoms with Crippen LogP contribution in [0.5, 0.6) is 0 Å². The fraction of sp³-hybridized carbons (Fsp3) is 0.267. The summed E-state index contributed by atoms with van der Waals surface area (Å²) in [5.41, 5.74) is 0.742. The number of hydrogen-bond donors (Lipinski definition) is 1. The van der Waals surface area contributed by atoms with Crippen molar-refractivity contribution < 1.29 is 17.9 Å². The van der Waals surface area contributed by atoms with Crippen molar-refractivity contribution in [1.29, 1.82) is 0 Å². The summed E-state index contributed by atoms with van der Waals surface area (Å²) >= 11 is 13.0. The summed E-state index contributed by atoms with van der Waals surface area (Å²) in [7, 11) is -3.21. The van der Waals surface area contributed by atoms with Gasteiger partial charge in [0.2, 0.25) is 10.0 Å². The van der Waals surface area contributed by atoms with Crippen molar-refractivity contribution in [2.45, 2.75) is 13.0 Å². The molecule has 0 aliphatic rings. The van der Waals surface area contributed by atoms with Crippen LogP contribution in [-0.2, 0) is 27.8 Å². The Bertz CT molecular complexity index is 834. The highest BCUT2D eigenvalue weighted by molar-refractivity contribution is 7.88. The van der Waals surface area contributed by atoms with Gasteiger partial charge in [-0.15, -0.1) is 11.3 Å². The molecule has 0 saturated heterocycles. The first-order valence-electron chi connectivity index (χ1n) is 6.89. The number of ether oxygens (including phenoxy) is 1. The van der Waals surface area contributed by atoms with E-state index in [1.54, 1.807) is 30.3 Å². The lowest BCUT2D eigenvalue weighted by Crippen LogP contribution is -2.23. The van der Waals surface area contributed by atoms with E-state index in [9.17, 15) is 13.2 Å².